The topological polar surface area (TPSA) is 84.5 Å². The number of aryl methyl sites for hydroxylation is 2. The highest BCUT2D eigenvalue weighted by molar-refractivity contribution is 8.00. The van der Waals surface area contributed by atoms with Crippen LogP contribution in [0, 0.1) is 0 Å². The van der Waals surface area contributed by atoms with E-state index < -0.39 is 5.97 Å². The number of nitrogens with one attached hydrogen (secondary N) is 2. The third-order valence-corrected chi connectivity index (χ3v) is 5.52. The van der Waals surface area contributed by atoms with Crippen molar-refractivity contribution in [3.63, 3.8) is 0 Å². The van der Waals surface area contributed by atoms with Gasteiger partial charge in [0.15, 0.2) is 6.61 Å². The molecule has 0 aliphatic carbocycles. The van der Waals surface area contributed by atoms with Crippen LogP contribution in [0.4, 0.5) is 11.4 Å². The summed E-state index contributed by atoms with van der Waals surface area (Å²) in [5.74, 6) is -0.743. The van der Waals surface area contributed by atoms with E-state index in [4.69, 9.17) is 4.74 Å². The van der Waals surface area contributed by atoms with Crippen LogP contribution in [0.25, 0.3) is 0 Å². The van der Waals surface area contributed by atoms with E-state index in [0.29, 0.717) is 11.4 Å². The van der Waals surface area contributed by atoms with Gasteiger partial charge in [-0.25, -0.2) is 4.79 Å². The minimum atomic E-state index is -0.609. The number of hydrogen-bond donors (Lipinski definition) is 2. The van der Waals surface area contributed by atoms with E-state index >= 15 is 0 Å². The monoisotopic (exact) mass is 398 g/mol. The lowest BCUT2D eigenvalue weighted by atomic mass is 10.0. The largest absolute Gasteiger partial charge is 0.452 e. The number of amides is 2. The minimum absolute atomic E-state index is 0.108. The van der Waals surface area contributed by atoms with Crippen LogP contribution in [0.3, 0.4) is 0 Å². The Balaban J connectivity index is 1.63. The van der Waals surface area contributed by atoms with Crippen molar-refractivity contribution in [1.29, 1.82) is 0 Å². The molecule has 0 bridgehead atoms. The van der Waals surface area contributed by atoms with E-state index in [-0.39, 0.29) is 24.0 Å². The molecule has 0 aromatic heterocycles. The predicted octanol–water partition coefficient (Wildman–Crippen LogP) is 3.65. The molecule has 28 heavy (non-hydrogen) atoms. The highest BCUT2D eigenvalue weighted by atomic mass is 32.2. The van der Waals surface area contributed by atoms with Gasteiger partial charge in [-0.3, -0.25) is 9.59 Å². The zero-order valence-corrected chi connectivity index (χ0v) is 16.7. The van der Waals surface area contributed by atoms with E-state index in [9.17, 15) is 14.4 Å². The summed E-state index contributed by atoms with van der Waals surface area (Å²) >= 11 is 1.42. The number of hydrogen-bond acceptors (Lipinski definition) is 5. The van der Waals surface area contributed by atoms with Crippen LogP contribution in [0.5, 0.6) is 0 Å². The molecule has 0 atom stereocenters. The molecule has 1 heterocycles. The number of anilines is 2. The Bertz CT molecular complexity index is 904. The van der Waals surface area contributed by atoms with Gasteiger partial charge in [-0.2, -0.15) is 0 Å². The summed E-state index contributed by atoms with van der Waals surface area (Å²) < 4.78 is 5.16. The van der Waals surface area contributed by atoms with Crippen LogP contribution in [0.15, 0.2) is 41.3 Å². The first-order chi connectivity index (χ1) is 13.5. The molecule has 2 amide bonds. The van der Waals surface area contributed by atoms with Gasteiger partial charge in [-0.1, -0.05) is 32.0 Å². The number of carbonyl (C=O) groups excluding carboxylic acids is 3. The zero-order valence-electron chi connectivity index (χ0n) is 15.8. The third-order valence-electron chi connectivity index (χ3n) is 4.45. The van der Waals surface area contributed by atoms with Gasteiger partial charge in [-0.15, -0.1) is 11.8 Å². The number of para-hydroxylation sites is 1. The molecule has 1 aliphatic heterocycles. The van der Waals surface area contributed by atoms with Gasteiger partial charge >= 0.3 is 5.97 Å². The van der Waals surface area contributed by atoms with Gasteiger partial charge < -0.3 is 15.4 Å². The second kappa shape index (κ2) is 8.93. The summed E-state index contributed by atoms with van der Waals surface area (Å²) in [4.78, 5) is 37.0. The van der Waals surface area contributed by atoms with Crippen LogP contribution < -0.4 is 10.6 Å². The van der Waals surface area contributed by atoms with Gasteiger partial charge in [0.2, 0.25) is 5.91 Å². The molecule has 0 unspecified atom stereocenters. The smallest absolute Gasteiger partial charge is 0.338 e. The molecule has 3 rings (SSSR count). The van der Waals surface area contributed by atoms with Gasteiger partial charge in [0.1, 0.15) is 0 Å². The Morgan fingerprint density at radius 1 is 1.14 bits per heavy atom. The van der Waals surface area contributed by atoms with Crippen LogP contribution >= 0.6 is 11.8 Å². The number of ether oxygens (including phenoxy) is 1. The molecule has 2 N–H and O–H groups in total. The molecular formula is C21H22N2O4S. The Labute approximate surface area is 168 Å². The van der Waals surface area contributed by atoms with Crippen LogP contribution in [0.2, 0.25) is 0 Å². The van der Waals surface area contributed by atoms with E-state index in [1.54, 1.807) is 18.2 Å². The summed E-state index contributed by atoms with van der Waals surface area (Å²) in [5, 5.41) is 5.60. The highest BCUT2D eigenvalue weighted by Crippen LogP contribution is 2.32. The number of thioether (sulfide) groups is 1. The highest BCUT2D eigenvalue weighted by Gasteiger charge is 2.19. The Morgan fingerprint density at radius 3 is 2.54 bits per heavy atom. The van der Waals surface area contributed by atoms with Crippen molar-refractivity contribution >= 4 is 40.9 Å². The molecule has 2 aromatic rings. The Kier molecular flexibility index (Phi) is 6.36. The van der Waals surface area contributed by atoms with Crippen molar-refractivity contribution in [2.45, 2.75) is 31.6 Å². The summed E-state index contributed by atoms with van der Waals surface area (Å²) in [7, 11) is 0. The van der Waals surface area contributed by atoms with Gasteiger partial charge in [0.25, 0.3) is 5.91 Å². The zero-order chi connectivity index (χ0) is 20.1. The molecule has 1 aliphatic rings. The summed E-state index contributed by atoms with van der Waals surface area (Å²) in [6, 6.07) is 10.9. The van der Waals surface area contributed by atoms with Crippen LogP contribution in [-0.2, 0) is 27.2 Å². The minimum Gasteiger partial charge on any atom is -0.452 e. The molecule has 6 nitrogen and oxygen atoms in total. The van der Waals surface area contributed by atoms with Crippen LogP contribution in [0.1, 0.15) is 35.3 Å². The lowest BCUT2D eigenvalue weighted by molar-refractivity contribution is -0.119. The van der Waals surface area contributed by atoms with Crippen molar-refractivity contribution in [1.82, 2.24) is 0 Å². The molecule has 0 saturated heterocycles. The van der Waals surface area contributed by atoms with Crippen molar-refractivity contribution in [2.75, 3.05) is 23.0 Å². The van der Waals surface area contributed by atoms with Crippen molar-refractivity contribution in [3.05, 3.63) is 53.1 Å². The number of benzene rings is 2. The van der Waals surface area contributed by atoms with E-state index in [1.165, 1.54) is 11.8 Å². The fourth-order valence-electron chi connectivity index (χ4n) is 3.00. The number of esters is 1. The Morgan fingerprint density at radius 2 is 1.86 bits per heavy atom. The van der Waals surface area contributed by atoms with Gasteiger partial charge in [0, 0.05) is 10.6 Å². The number of carbonyl (C=O) groups is 3. The first kappa shape index (κ1) is 19.9. The van der Waals surface area contributed by atoms with E-state index in [2.05, 4.69) is 10.6 Å². The second-order valence-corrected chi connectivity index (χ2v) is 7.35. The van der Waals surface area contributed by atoms with Gasteiger partial charge in [0.05, 0.1) is 17.0 Å². The lowest BCUT2D eigenvalue weighted by Crippen LogP contribution is -2.23. The molecular weight excluding hydrogens is 376 g/mol. The van der Waals surface area contributed by atoms with E-state index in [0.717, 1.165) is 34.6 Å². The maximum absolute atomic E-state index is 12.3. The maximum atomic E-state index is 12.3. The SMILES string of the molecule is CCc1cccc(CC)c1NC(=O)COC(=O)c1ccc2c(c1)NC(=O)CS2. The number of rotatable bonds is 6. The molecule has 146 valence electrons. The predicted molar refractivity (Wildman–Crippen MR) is 110 cm³/mol. The average molecular weight is 398 g/mol. The first-order valence-electron chi connectivity index (χ1n) is 9.16. The standard InChI is InChI=1S/C21H22N2O4S/c1-3-13-6-5-7-14(4-2)20(13)23-18(24)11-27-21(26)15-8-9-17-16(10-15)22-19(25)12-28-17/h5-10H,3-4,11-12H2,1-2H3,(H,22,25)(H,23,24). The normalized spacial score (nSPS) is 12.7. The van der Waals surface area contributed by atoms with Crippen molar-refractivity contribution < 1.29 is 19.1 Å². The van der Waals surface area contributed by atoms with Crippen molar-refractivity contribution in [3.8, 4) is 0 Å². The summed E-state index contributed by atoms with van der Waals surface area (Å²) in [6.07, 6.45) is 1.59. The molecule has 0 fully saturated rings. The summed E-state index contributed by atoms with van der Waals surface area (Å²) in [6.45, 7) is 3.67. The quantitative estimate of drug-likeness (QED) is 0.726. The maximum Gasteiger partial charge on any atom is 0.338 e. The van der Waals surface area contributed by atoms with E-state index in [1.807, 2.05) is 32.0 Å². The Hall–Kier alpha value is -2.80. The molecule has 0 radical (unpaired) electrons. The molecule has 7 heteroatoms. The number of fused-ring (bicyclic) bond motifs is 1. The summed E-state index contributed by atoms with van der Waals surface area (Å²) in [5.41, 5.74) is 3.76. The lowest BCUT2D eigenvalue weighted by Gasteiger charge is -2.17. The van der Waals surface area contributed by atoms with Crippen LogP contribution in [-0.4, -0.2) is 30.1 Å². The van der Waals surface area contributed by atoms with Gasteiger partial charge in [-0.05, 0) is 42.2 Å². The first-order valence-corrected chi connectivity index (χ1v) is 10.1. The third kappa shape index (κ3) is 4.54. The fraction of sp³-hybridized carbons (Fsp3) is 0.286. The molecule has 2 aromatic carbocycles. The second-order valence-electron chi connectivity index (χ2n) is 6.33. The molecule has 0 saturated carbocycles. The molecule has 0 spiro atoms. The van der Waals surface area contributed by atoms with Crippen molar-refractivity contribution in [2.24, 2.45) is 0 Å². The fourth-order valence-corrected chi connectivity index (χ4v) is 3.79. The average Bonchev–Trinajstić information content (AvgIpc) is 2.71.